The number of piperidine rings is 1. The molecule has 2 aliphatic rings. The van der Waals surface area contributed by atoms with Gasteiger partial charge in [-0.1, -0.05) is 42.7 Å². The molecular formula is C25H35N5O. The minimum Gasteiger partial charge on any atom is -0.355 e. The van der Waals surface area contributed by atoms with E-state index in [0.717, 1.165) is 49.6 Å². The molecule has 31 heavy (non-hydrogen) atoms. The third-order valence-electron chi connectivity index (χ3n) is 6.52. The van der Waals surface area contributed by atoms with E-state index in [4.69, 9.17) is 0 Å². The number of benzene rings is 1. The van der Waals surface area contributed by atoms with Crippen LogP contribution in [-0.2, 0) is 4.79 Å². The van der Waals surface area contributed by atoms with Crippen LogP contribution in [0.4, 0.5) is 5.95 Å². The van der Waals surface area contributed by atoms with Crippen molar-refractivity contribution in [2.24, 2.45) is 5.92 Å². The fourth-order valence-corrected chi connectivity index (χ4v) is 4.59. The molecule has 0 radical (unpaired) electrons. The minimum absolute atomic E-state index is 0.0123. The standard InChI is InChI=1S/C25H35N5O/c1-20-8-10-21(11-9-20)23-17-27-25(28-18-23)30-15-6-7-22(19-30)24(31)26-12-16-29-13-4-2-3-5-14-29/h8-11,17-18,22H,2-7,12-16,19H2,1H3,(H,26,31). The average molecular weight is 422 g/mol. The normalized spacial score (nSPS) is 20.3. The molecular weight excluding hydrogens is 386 g/mol. The molecule has 0 spiro atoms. The Hall–Kier alpha value is -2.47. The Kier molecular flexibility index (Phi) is 7.52. The molecule has 2 saturated heterocycles. The Balaban J connectivity index is 1.28. The van der Waals surface area contributed by atoms with Crippen LogP contribution in [0.3, 0.4) is 0 Å². The monoisotopic (exact) mass is 421 g/mol. The van der Waals surface area contributed by atoms with Gasteiger partial charge in [0.05, 0.1) is 5.92 Å². The Morgan fingerprint density at radius 2 is 1.68 bits per heavy atom. The fourth-order valence-electron chi connectivity index (χ4n) is 4.59. The highest BCUT2D eigenvalue weighted by atomic mass is 16.1. The largest absolute Gasteiger partial charge is 0.355 e. The van der Waals surface area contributed by atoms with Crippen molar-refractivity contribution in [3.8, 4) is 11.1 Å². The van der Waals surface area contributed by atoms with Crippen molar-refractivity contribution in [3.05, 3.63) is 42.2 Å². The van der Waals surface area contributed by atoms with Crippen molar-refractivity contribution in [1.82, 2.24) is 20.2 Å². The van der Waals surface area contributed by atoms with Crippen LogP contribution in [0, 0.1) is 12.8 Å². The van der Waals surface area contributed by atoms with E-state index >= 15 is 0 Å². The fraction of sp³-hybridized carbons (Fsp3) is 0.560. The Morgan fingerprint density at radius 1 is 0.968 bits per heavy atom. The predicted octanol–water partition coefficient (Wildman–Crippen LogP) is 3.66. The van der Waals surface area contributed by atoms with E-state index < -0.39 is 0 Å². The summed E-state index contributed by atoms with van der Waals surface area (Å²) in [7, 11) is 0. The molecule has 0 bridgehead atoms. The van der Waals surface area contributed by atoms with Crippen molar-refractivity contribution in [3.63, 3.8) is 0 Å². The van der Waals surface area contributed by atoms with E-state index in [1.54, 1.807) is 0 Å². The maximum atomic E-state index is 12.8. The lowest BCUT2D eigenvalue weighted by atomic mass is 9.97. The van der Waals surface area contributed by atoms with Crippen LogP contribution in [0.1, 0.15) is 44.1 Å². The Labute approximate surface area is 186 Å². The third kappa shape index (κ3) is 6.03. The molecule has 1 amide bonds. The first-order chi connectivity index (χ1) is 15.2. The molecule has 1 aromatic heterocycles. The number of anilines is 1. The van der Waals surface area contributed by atoms with E-state index in [0.29, 0.717) is 6.54 Å². The molecule has 6 heteroatoms. The van der Waals surface area contributed by atoms with Crippen LogP contribution in [0.2, 0.25) is 0 Å². The van der Waals surface area contributed by atoms with E-state index in [-0.39, 0.29) is 11.8 Å². The summed E-state index contributed by atoms with van der Waals surface area (Å²) in [5.41, 5.74) is 3.38. The highest BCUT2D eigenvalue weighted by Crippen LogP contribution is 2.23. The number of carbonyl (C=O) groups is 1. The van der Waals surface area contributed by atoms with Crippen molar-refractivity contribution >= 4 is 11.9 Å². The van der Waals surface area contributed by atoms with Crippen LogP contribution >= 0.6 is 0 Å². The summed E-state index contributed by atoms with van der Waals surface area (Å²) >= 11 is 0. The molecule has 0 saturated carbocycles. The topological polar surface area (TPSA) is 61.4 Å². The molecule has 1 aromatic carbocycles. The Bertz CT molecular complexity index is 828. The summed E-state index contributed by atoms with van der Waals surface area (Å²) in [6.07, 6.45) is 11.0. The van der Waals surface area contributed by atoms with Crippen LogP contribution in [0.25, 0.3) is 11.1 Å². The highest BCUT2D eigenvalue weighted by Gasteiger charge is 2.27. The smallest absolute Gasteiger partial charge is 0.225 e. The van der Waals surface area contributed by atoms with Crippen LogP contribution in [-0.4, -0.2) is 60.0 Å². The number of likely N-dealkylation sites (tertiary alicyclic amines) is 1. The SMILES string of the molecule is Cc1ccc(-c2cnc(N3CCCC(C(=O)NCCN4CCCCCC4)C3)nc2)cc1. The number of aromatic nitrogens is 2. The maximum Gasteiger partial charge on any atom is 0.225 e. The van der Waals surface area contributed by atoms with Gasteiger partial charge in [0.15, 0.2) is 0 Å². The zero-order chi connectivity index (χ0) is 21.5. The van der Waals surface area contributed by atoms with Crippen LogP contribution < -0.4 is 10.2 Å². The number of hydrogen-bond donors (Lipinski definition) is 1. The van der Waals surface area contributed by atoms with Gasteiger partial charge in [-0.05, 0) is 51.3 Å². The lowest BCUT2D eigenvalue weighted by Gasteiger charge is -2.32. The average Bonchev–Trinajstić information content (AvgIpc) is 3.09. The number of nitrogens with zero attached hydrogens (tertiary/aromatic N) is 4. The van der Waals surface area contributed by atoms with Gasteiger partial charge in [-0.3, -0.25) is 4.79 Å². The summed E-state index contributed by atoms with van der Waals surface area (Å²) < 4.78 is 0. The highest BCUT2D eigenvalue weighted by molar-refractivity contribution is 5.79. The van der Waals surface area contributed by atoms with E-state index in [1.807, 2.05) is 12.4 Å². The van der Waals surface area contributed by atoms with Gasteiger partial charge in [0.1, 0.15) is 0 Å². The molecule has 1 unspecified atom stereocenters. The molecule has 3 heterocycles. The zero-order valence-corrected chi connectivity index (χ0v) is 18.7. The molecule has 4 rings (SSSR count). The second kappa shape index (κ2) is 10.7. The first-order valence-electron chi connectivity index (χ1n) is 11.8. The quantitative estimate of drug-likeness (QED) is 0.771. The van der Waals surface area contributed by atoms with Gasteiger partial charge in [0, 0.05) is 44.1 Å². The summed E-state index contributed by atoms with van der Waals surface area (Å²) in [6.45, 7) is 7.73. The lowest BCUT2D eigenvalue weighted by molar-refractivity contribution is -0.125. The number of nitrogens with one attached hydrogen (secondary N) is 1. The molecule has 1 atom stereocenters. The second-order valence-corrected chi connectivity index (χ2v) is 8.97. The first kappa shape index (κ1) is 21.8. The number of carbonyl (C=O) groups excluding carboxylic acids is 1. The van der Waals surface area contributed by atoms with Gasteiger partial charge >= 0.3 is 0 Å². The molecule has 2 aliphatic heterocycles. The van der Waals surface area contributed by atoms with Gasteiger partial charge in [0.2, 0.25) is 11.9 Å². The number of aryl methyl sites for hydroxylation is 1. The number of rotatable bonds is 6. The summed E-state index contributed by atoms with van der Waals surface area (Å²) in [5.74, 6) is 0.909. The number of hydrogen-bond acceptors (Lipinski definition) is 5. The van der Waals surface area contributed by atoms with E-state index in [1.165, 1.54) is 44.3 Å². The van der Waals surface area contributed by atoms with Gasteiger partial charge in [-0.25, -0.2) is 9.97 Å². The summed E-state index contributed by atoms with van der Waals surface area (Å²) in [4.78, 5) is 26.6. The Morgan fingerprint density at radius 3 is 2.39 bits per heavy atom. The first-order valence-corrected chi connectivity index (χ1v) is 11.8. The van der Waals surface area contributed by atoms with Crippen molar-refractivity contribution in [1.29, 1.82) is 0 Å². The molecule has 0 aliphatic carbocycles. The molecule has 2 aromatic rings. The van der Waals surface area contributed by atoms with Gasteiger partial charge in [-0.2, -0.15) is 0 Å². The van der Waals surface area contributed by atoms with Crippen molar-refractivity contribution in [2.45, 2.75) is 45.4 Å². The second-order valence-electron chi connectivity index (χ2n) is 8.97. The molecule has 2 fully saturated rings. The van der Waals surface area contributed by atoms with E-state index in [9.17, 15) is 4.79 Å². The van der Waals surface area contributed by atoms with Gasteiger partial charge in [-0.15, -0.1) is 0 Å². The predicted molar refractivity (Wildman–Crippen MR) is 125 cm³/mol. The van der Waals surface area contributed by atoms with Gasteiger partial charge in [0.25, 0.3) is 0 Å². The van der Waals surface area contributed by atoms with E-state index in [2.05, 4.69) is 56.3 Å². The minimum atomic E-state index is 0.0123. The molecule has 166 valence electrons. The molecule has 1 N–H and O–H groups in total. The maximum absolute atomic E-state index is 12.8. The van der Waals surface area contributed by atoms with Crippen molar-refractivity contribution < 1.29 is 4.79 Å². The summed E-state index contributed by atoms with van der Waals surface area (Å²) in [6, 6.07) is 8.40. The third-order valence-corrected chi connectivity index (χ3v) is 6.52. The van der Waals surface area contributed by atoms with Gasteiger partial charge < -0.3 is 15.1 Å². The zero-order valence-electron chi connectivity index (χ0n) is 18.7. The number of amides is 1. The van der Waals surface area contributed by atoms with Crippen LogP contribution in [0.5, 0.6) is 0 Å². The lowest BCUT2D eigenvalue weighted by Crippen LogP contribution is -2.45. The van der Waals surface area contributed by atoms with Crippen LogP contribution in [0.15, 0.2) is 36.7 Å². The summed E-state index contributed by atoms with van der Waals surface area (Å²) in [5, 5.41) is 3.18. The molecule has 6 nitrogen and oxygen atoms in total. The van der Waals surface area contributed by atoms with Crippen molar-refractivity contribution in [2.75, 3.05) is 44.2 Å².